The number of amides is 1. The molecule has 0 spiro atoms. The Morgan fingerprint density at radius 3 is 2.75 bits per heavy atom. The fraction of sp³-hybridized carbons (Fsp3) is 0.462. The van der Waals surface area contributed by atoms with Gasteiger partial charge < -0.3 is 15.3 Å². The topological polar surface area (TPSA) is 95.7 Å². The molecule has 0 aliphatic carbocycles. The van der Waals surface area contributed by atoms with Crippen LogP contribution in [-0.4, -0.2) is 53.1 Å². The molecule has 7 nitrogen and oxygen atoms in total. The second-order valence-corrected chi connectivity index (χ2v) is 4.99. The fourth-order valence-electron chi connectivity index (χ4n) is 2.37. The van der Waals surface area contributed by atoms with Gasteiger partial charge in [0.1, 0.15) is 5.56 Å². The molecule has 1 heterocycles. The zero-order valence-electron chi connectivity index (χ0n) is 11.4. The van der Waals surface area contributed by atoms with Crippen molar-refractivity contribution in [1.82, 2.24) is 10.2 Å². The molecule has 0 aromatic heterocycles. The van der Waals surface area contributed by atoms with E-state index in [0.717, 1.165) is 5.56 Å². The number of likely N-dealkylation sites (N-methyl/N-ethyl adjacent to an activating group) is 1. The number of rotatable bonds is 3. The molecule has 2 atom stereocenters. The first-order chi connectivity index (χ1) is 9.41. The highest BCUT2D eigenvalue weighted by Gasteiger charge is 2.33. The number of carbonyl (C=O) groups excluding carboxylic acids is 1. The van der Waals surface area contributed by atoms with E-state index in [-0.39, 0.29) is 17.3 Å². The molecule has 108 valence electrons. The number of nitrogens with one attached hydrogen (secondary N) is 1. The molecule has 0 saturated carbocycles. The number of hydrogen-bond donors (Lipinski definition) is 2. The SMILES string of the molecule is Cc1ccc([N+](=O)[O-])c(C(=O)N(C)[C@@H]2CNC[C@H]2O)c1. The highest BCUT2D eigenvalue weighted by Crippen LogP contribution is 2.22. The summed E-state index contributed by atoms with van der Waals surface area (Å²) in [5.74, 6) is -0.451. The molecule has 2 rings (SSSR count). The number of aliphatic hydroxyl groups excluding tert-OH is 1. The largest absolute Gasteiger partial charge is 0.390 e. The minimum absolute atomic E-state index is 0.0524. The molecule has 0 unspecified atom stereocenters. The van der Waals surface area contributed by atoms with E-state index in [4.69, 9.17) is 0 Å². The number of nitrogens with zero attached hydrogens (tertiary/aromatic N) is 2. The lowest BCUT2D eigenvalue weighted by Crippen LogP contribution is -2.44. The third kappa shape index (κ3) is 2.63. The van der Waals surface area contributed by atoms with E-state index in [1.165, 1.54) is 17.0 Å². The van der Waals surface area contributed by atoms with E-state index in [2.05, 4.69) is 5.32 Å². The van der Waals surface area contributed by atoms with Crippen molar-refractivity contribution in [3.8, 4) is 0 Å². The number of nitro benzene ring substituents is 1. The smallest absolute Gasteiger partial charge is 0.282 e. The Bertz CT molecular complexity index is 546. The molecule has 0 bridgehead atoms. The summed E-state index contributed by atoms with van der Waals surface area (Å²) >= 11 is 0. The van der Waals surface area contributed by atoms with Gasteiger partial charge in [0.05, 0.1) is 17.1 Å². The lowest BCUT2D eigenvalue weighted by atomic mass is 10.1. The van der Waals surface area contributed by atoms with Crippen LogP contribution < -0.4 is 5.32 Å². The normalized spacial score (nSPS) is 21.8. The van der Waals surface area contributed by atoms with Gasteiger partial charge >= 0.3 is 0 Å². The van der Waals surface area contributed by atoms with Crippen molar-refractivity contribution < 1.29 is 14.8 Å². The monoisotopic (exact) mass is 279 g/mol. The lowest BCUT2D eigenvalue weighted by Gasteiger charge is -2.26. The van der Waals surface area contributed by atoms with Gasteiger partial charge in [-0.2, -0.15) is 0 Å². The van der Waals surface area contributed by atoms with Crippen LogP contribution in [0, 0.1) is 17.0 Å². The van der Waals surface area contributed by atoms with E-state index in [1.54, 1.807) is 20.0 Å². The maximum absolute atomic E-state index is 12.4. The molecule has 1 amide bonds. The Labute approximate surface area is 116 Å². The Balaban J connectivity index is 2.33. The van der Waals surface area contributed by atoms with Crippen LogP contribution in [0.2, 0.25) is 0 Å². The lowest BCUT2D eigenvalue weighted by molar-refractivity contribution is -0.385. The molecule has 7 heteroatoms. The number of β-amino-alcohol motifs (C(OH)–C–C–N with tert-alkyl or cyclic N) is 1. The molecule has 1 saturated heterocycles. The van der Waals surface area contributed by atoms with E-state index < -0.39 is 16.9 Å². The molecule has 1 fully saturated rings. The Hall–Kier alpha value is -1.99. The van der Waals surface area contributed by atoms with Gasteiger partial charge in [-0.05, 0) is 18.6 Å². The molecule has 0 radical (unpaired) electrons. The van der Waals surface area contributed by atoms with Crippen LogP contribution in [0.3, 0.4) is 0 Å². The van der Waals surface area contributed by atoms with Gasteiger partial charge in [0.2, 0.25) is 0 Å². The zero-order valence-corrected chi connectivity index (χ0v) is 11.4. The Morgan fingerprint density at radius 2 is 2.20 bits per heavy atom. The molecule has 1 aliphatic heterocycles. The van der Waals surface area contributed by atoms with Gasteiger partial charge in [-0.25, -0.2) is 0 Å². The van der Waals surface area contributed by atoms with Gasteiger partial charge in [-0.3, -0.25) is 14.9 Å². The van der Waals surface area contributed by atoms with Gasteiger partial charge in [0, 0.05) is 26.2 Å². The highest BCUT2D eigenvalue weighted by atomic mass is 16.6. The summed E-state index contributed by atoms with van der Waals surface area (Å²) in [5.41, 5.74) is 0.613. The van der Waals surface area contributed by atoms with Gasteiger partial charge in [0.15, 0.2) is 0 Å². The molecule has 1 aromatic carbocycles. The van der Waals surface area contributed by atoms with Crippen LogP contribution in [0.4, 0.5) is 5.69 Å². The van der Waals surface area contributed by atoms with E-state index in [9.17, 15) is 20.0 Å². The van der Waals surface area contributed by atoms with Crippen molar-refractivity contribution >= 4 is 11.6 Å². The fourth-order valence-corrected chi connectivity index (χ4v) is 2.37. The van der Waals surface area contributed by atoms with Crippen molar-refractivity contribution in [3.05, 3.63) is 39.4 Å². The van der Waals surface area contributed by atoms with Crippen molar-refractivity contribution in [1.29, 1.82) is 0 Å². The van der Waals surface area contributed by atoms with Crippen molar-refractivity contribution in [2.75, 3.05) is 20.1 Å². The minimum atomic E-state index is -0.659. The summed E-state index contributed by atoms with van der Waals surface area (Å²) in [7, 11) is 1.55. The first-order valence-electron chi connectivity index (χ1n) is 6.33. The van der Waals surface area contributed by atoms with Crippen molar-refractivity contribution in [2.45, 2.75) is 19.1 Å². The van der Waals surface area contributed by atoms with Crippen LogP contribution in [0.15, 0.2) is 18.2 Å². The third-order valence-corrected chi connectivity index (χ3v) is 3.55. The number of aryl methyl sites for hydroxylation is 1. The van der Waals surface area contributed by atoms with Crippen LogP contribution in [0.5, 0.6) is 0 Å². The molecule has 1 aromatic rings. The Kier molecular flexibility index (Phi) is 4.01. The number of hydrogen-bond acceptors (Lipinski definition) is 5. The van der Waals surface area contributed by atoms with E-state index in [0.29, 0.717) is 13.1 Å². The summed E-state index contributed by atoms with van der Waals surface area (Å²) in [5, 5.41) is 23.8. The van der Waals surface area contributed by atoms with Gasteiger partial charge in [0.25, 0.3) is 11.6 Å². The van der Waals surface area contributed by atoms with E-state index >= 15 is 0 Å². The van der Waals surface area contributed by atoms with Gasteiger partial charge in [-0.1, -0.05) is 6.07 Å². The molecular formula is C13H17N3O4. The van der Waals surface area contributed by atoms with Gasteiger partial charge in [-0.15, -0.1) is 0 Å². The molecule has 2 N–H and O–H groups in total. The highest BCUT2D eigenvalue weighted by molar-refractivity contribution is 5.98. The Morgan fingerprint density at radius 1 is 1.50 bits per heavy atom. The summed E-state index contributed by atoms with van der Waals surface area (Å²) in [4.78, 5) is 24.3. The van der Waals surface area contributed by atoms with Crippen LogP contribution in [-0.2, 0) is 0 Å². The number of nitro groups is 1. The average molecular weight is 279 g/mol. The third-order valence-electron chi connectivity index (χ3n) is 3.55. The van der Waals surface area contributed by atoms with Crippen LogP contribution in [0.1, 0.15) is 15.9 Å². The first-order valence-corrected chi connectivity index (χ1v) is 6.33. The maximum atomic E-state index is 12.4. The predicted molar refractivity (Wildman–Crippen MR) is 72.6 cm³/mol. The number of aliphatic hydroxyl groups is 1. The van der Waals surface area contributed by atoms with Crippen LogP contribution in [0.25, 0.3) is 0 Å². The van der Waals surface area contributed by atoms with Crippen molar-refractivity contribution in [3.63, 3.8) is 0 Å². The molecule has 20 heavy (non-hydrogen) atoms. The van der Waals surface area contributed by atoms with E-state index in [1.807, 2.05) is 0 Å². The number of carbonyl (C=O) groups is 1. The standard InChI is InChI=1S/C13H17N3O4/c1-8-3-4-10(16(19)20)9(5-8)13(18)15(2)11-6-14-7-12(11)17/h3-5,11-12,14,17H,6-7H2,1-2H3/t11-,12-/m1/s1. The zero-order chi connectivity index (χ0) is 14.9. The van der Waals surface area contributed by atoms with Crippen LogP contribution >= 0.6 is 0 Å². The quantitative estimate of drug-likeness (QED) is 0.613. The first kappa shape index (κ1) is 14.4. The summed E-state index contributed by atoms with van der Waals surface area (Å²) in [6, 6.07) is 4.06. The average Bonchev–Trinajstić information content (AvgIpc) is 2.82. The second kappa shape index (κ2) is 5.56. The summed E-state index contributed by atoms with van der Waals surface area (Å²) < 4.78 is 0. The summed E-state index contributed by atoms with van der Waals surface area (Å²) in [6.45, 7) is 2.66. The van der Waals surface area contributed by atoms with Crippen molar-refractivity contribution in [2.24, 2.45) is 0 Å². The summed E-state index contributed by atoms with van der Waals surface area (Å²) in [6.07, 6.45) is -0.659. The molecular weight excluding hydrogens is 262 g/mol. The molecule has 1 aliphatic rings. The maximum Gasteiger partial charge on any atom is 0.282 e. The minimum Gasteiger partial charge on any atom is -0.390 e. The second-order valence-electron chi connectivity index (χ2n) is 4.99. The predicted octanol–water partition coefficient (Wildman–Crippen LogP) is 0.308. The number of benzene rings is 1.